The Morgan fingerprint density at radius 3 is 2.72 bits per heavy atom. The maximum atomic E-state index is 5.67. The predicted octanol–water partition coefficient (Wildman–Crippen LogP) is 2.96. The van der Waals surface area contributed by atoms with Crippen LogP contribution in [0.5, 0.6) is 5.75 Å². The number of hydrogen-bond donors (Lipinski definition) is 0. The third-order valence-corrected chi connectivity index (χ3v) is 3.48. The Kier molecular flexibility index (Phi) is 4.73. The van der Waals surface area contributed by atoms with Crippen molar-refractivity contribution in [3.8, 4) is 5.75 Å². The largest absolute Gasteiger partial charge is 0.492 e. The van der Waals surface area contributed by atoms with Crippen LogP contribution in [0.25, 0.3) is 0 Å². The molecule has 0 amide bonds. The quantitative estimate of drug-likeness (QED) is 0.800. The molecule has 0 aliphatic heterocycles. The first kappa shape index (κ1) is 13.1. The van der Waals surface area contributed by atoms with Crippen molar-refractivity contribution < 1.29 is 4.74 Å². The fraction of sp³-hybridized carbons (Fsp3) is 0.357. The van der Waals surface area contributed by atoms with Gasteiger partial charge < -0.3 is 4.74 Å². The zero-order valence-electron chi connectivity index (χ0n) is 10.8. The molecule has 0 aliphatic carbocycles. The molecular formula is C14H18N2OS. The van der Waals surface area contributed by atoms with Gasteiger partial charge in [-0.3, -0.25) is 4.90 Å². The van der Waals surface area contributed by atoms with Gasteiger partial charge in [-0.15, -0.1) is 11.3 Å². The van der Waals surface area contributed by atoms with Crippen LogP contribution in [0.3, 0.4) is 0 Å². The van der Waals surface area contributed by atoms with E-state index in [1.807, 2.05) is 43.5 Å². The minimum absolute atomic E-state index is 0.707. The minimum Gasteiger partial charge on any atom is -0.492 e. The SMILES string of the molecule is Cc1ncc(CN(C)CCOc2ccccc2)s1. The molecule has 0 unspecified atom stereocenters. The van der Waals surface area contributed by atoms with E-state index in [2.05, 4.69) is 16.9 Å². The molecule has 0 aliphatic rings. The van der Waals surface area contributed by atoms with Crippen molar-refractivity contribution in [3.63, 3.8) is 0 Å². The first-order valence-electron chi connectivity index (χ1n) is 6.02. The van der Waals surface area contributed by atoms with Crippen molar-refractivity contribution in [2.75, 3.05) is 20.2 Å². The van der Waals surface area contributed by atoms with Crippen molar-refractivity contribution in [1.82, 2.24) is 9.88 Å². The summed E-state index contributed by atoms with van der Waals surface area (Å²) in [6.07, 6.45) is 1.95. The van der Waals surface area contributed by atoms with E-state index in [-0.39, 0.29) is 0 Å². The average Bonchev–Trinajstić information content (AvgIpc) is 2.76. The summed E-state index contributed by atoms with van der Waals surface area (Å²) in [5.41, 5.74) is 0. The van der Waals surface area contributed by atoms with Crippen molar-refractivity contribution in [2.45, 2.75) is 13.5 Å². The van der Waals surface area contributed by atoms with Gasteiger partial charge in [-0.2, -0.15) is 0 Å². The standard InChI is InChI=1S/C14H18N2OS/c1-12-15-10-14(18-12)11-16(2)8-9-17-13-6-4-3-5-7-13/h3-7,10H,8-9,11H2,1-2H3. The molecular weight excluding hydrogens is 244 g/mol. The molecule has 96 valence electrons. The third-order valence-electron chi connectivity index (χ3n) is 2.58. The highest BCUT2D eigenvalue weighted by Gasteiger charge is 2.03. The fourth-order valence-electron chi connectivity index (χ4n) is 1.66. The van der Waals surface area contributed by atoms with E-state index in [1.54, 1.807) is 11.3 Å². The molecule has 0 saturated heterocycles. The zero-order chi connectivity index (χ0) is 12.8. The first-order valence-corrected chi connectivity index (χ1v) is 6.83. The van der Waals surface area contributed by atoms with Crippen LogP contribution in [-0.4, -0.2) is 30.1 Å². The molecule has 2 rings (SSSR count). The summed E-state index contributed by atoms with van der Waals surface area (Å²) < 4.78 is 5.67. The number of thiazole rings is 1. The van der Waals surface area contributed by atoms with Gasteiger partial charge in [-0.25, -0.2) is 4.98 Å². The normalized spacial score (nSPS) is 10.8. The van der Waals surface area contributed by atoms with Crippen molar-refractivity contribution in [2.24, 2.45) is 0 Å². The fourth-order valence-corrected chi connectivity index (χ4v) is 2.53. The van der Waals surface area contributed by atoms with E-state index in [4.69, 9.17) is 4.74 Å². The molecule has 1 aromatic heterocycles. The van der Waals surface area contributed by atoms with E-state index in [9.17, 15) is 0 Å². The lowest BCUT2D eigenvalue weighted by Crippen LogP contribution is -2.23. The Morgan fingerprint density at radius 2 is 2.06 bits per heavy atom. The third kappa shape index (κ3) is 4.13. The van der Waals surface area contributed by atoms with Crippen LogP contribution in [-0.2, 0) is 6.54 Å². The van der Waals surface area contributed by atoms with E-state index in [0.717, 1.165) is 23.8 Å². The molecule has 0 spiro atoms. The van der Waals surface area contributed by atoms with Gasteiger partial charge in [0.1, 0.15) is 12.4 Å². The monoisotopic (exact) mass is 262 g/mol. The van der Waals surface area contributed by atoms with Gasteiger partial charge in [-0.1, -0.05) is 18.2 Å². The van der Waals surface area contributed by atoms with Crippen molar-refractivity contribution in [1.29, 1.82) is 0 Å². The van der Waals surface area contributed by atoms with Gasteiger partial charge in [0.2, 0.25) is 0 Å². The average molecular weight is 262 g/mol. The lowest BCUT2D eigenvalue weighted by molar-refractivity contribution is 0.234. The van der Waals surface area contributed by atoms with E-state index < -0.39 is 0 Å². The van der Waals surface area contributed by atoms with Crippen LogP contribution in [0.2, 0.25) is 0 Å². The lowest BCUT2D eigenvalue weighted by atomic mass is 10.3. The second-order valence-electron chi connectivity index (χ2n) is 4.24. The van der Waals surface area contributed by atoms with Gasteiger partial charge in [0.25, 0.3) is 0 Å². The number of rotatable bonds is 6. The summed E-state index contributed by atoms with van der Waals surface area (Å²) in [5.74, 6) is 0.930. The predicted molar refractivity (Wildman–Crippen MR) is 75.1 cm³/mol. The molecule has 0 fully saturated rings. The number of para-hydroxylation sites is 1. The molecule has 0 atom stereocenters. The van der Waals surface area contributed by atoms with Gasteiger partial charge in [0.15, 0.2) is 0 Å². The summed E-state index contributed by atoms with van der Waals surface area (Å²) in [6.45, 7) is 4.58. The number of hydrogen-bond acceptors (Lipinski definition) is 4. The van der Waals surface area contributed by atoms with Crippen LogP contribution in [0.1, 0.15) is 9.88 Å². The first-order chi connectivity index (χ1) is 8.74. The lowest BCUT2D eigenvalue weighted by Gasteiger charge is -2.15. The second kappa shape index (κ2) is 6.52. The Bertz CT molecular complexity index is 470. The molecule has 0 bridgehead atoms. The van der Waals surface area contributed by atoms with Crippen molar-refractivity contribution >= 4 is 11.3 Å². The summed E-state index contributed by atoms with van der Waals surface area (Å²) in [7, 11) is 2.10. The van der Waals surface area contributed by atoms with Crippen LogP contribution in [0, 0.1) is 6.92 Å². The minimum atomic E-state index is 0.707. The number of nitrogens with zero attached hydrogens (tertiary/aromatic N) is 2. The zero-order valence-corrected chi connectivity index (χ0v) is 11.6. The Labute approximate surface area is 112 Å². The number of aryl methyl sites for hydroxylation is 1. The van der Waals surface area contributed by atoms with E-state index in [0.29, 0.717) is 6.61 Å². The van der Waals surface area contributed by atoms with Crippen LogP contribution in [0.15, 0.2) is 36.5 Å². The van der Waals surface area contributed by atoms with E-state index in [1.165, 1.54) is 4.88 Å². The molecule has 2 aromatic rings. The molecule has 1 heterocycles. The molecule has 1 aromatic carbocycles. The highest BCUT2D eigenvalue weighted by atomic mass is 32.1. The number of aromatic nitrogens is 1. The van der Waals surface area contributed by atoms with Gasteiger partial charge >= 0.3 is 0 Å². The Balaban J connectivity index is 1.70. The molecule has 3 nitrogen and oxygen atoms in total. The number of benzene rings is 1. The molecule has 18 heavy (non-hydrogen) atoms. The van der Waals surface area contributed by atoms with Crippen LogP contribution in [0.4, 0.5) is 0 Å². The smallest absolute Gasteiger partial charge is 0.119 e. The van der Waals surface area contributed by atoms with Crippen LogP contribution >= 0.6 is 11.3 Å². The van der Waals surface area contributed by atoms with Gasteiger partial charge in [-0.05, 0) is 26.1 Å². The topological polar surface area (TPSA) is 25.4 Å². The summed E-state index contributed by atoms with van der Waals surface area (Å²) >= 11 is 1.75. The summed E-state index contributed by atoms with van der Waals surface area (Å²) in [4.78, 5) is 7.80. The molecule has 0 N–H and O–H groups in total. The molecule has 0 radical (unpaired) electrons. The number of ether oxygens (including phenoxy) is 1. The highest BCUT2D eigenvalue weighted by Crippen LogP contribution is 2.13. The highest BCUT2D eigenvalue weighted by molar-refractivity contribution is 7.11. The van der Waals surface area contributed by atoms with E-state index >= 15 is 0 Å². The van der Waals surface area contributed by atoms with Crippen molar-refractivity contribution in [3.05, 3.63) is 46.4 Å². The summed E-state index contributed by atoms with van der Waals surface area (Å²) in [5, 5.41) is 1.12. The molecule has 0 saturated carbocycles. The maximum absolute atomic E-state index is 5.67. The maximum Gasteiger partial charge on any atom is 0.119 e. The van der Waals surface area contributed by atoms with Crippen LogP contribution < -0.4 is 4.74 Å². The Hall–Kier alpha value is -1.39. The number of likely N-dealkylation sites (N-methyl/N-ethyl adjacent to an activating group) is 1. The summed E-state index contributed by atoms with van der Waals surface area (Å²) in [6, 6.07) is 9.92. The Morgan fingerprint density at radius 1 is 1.28 bits per heavy atom. The van der Waals surface area contributed by atoms with Gasteiger partial charge in [0, 0.05) is 24.2 Å². The van der Waals surface area contributed by atoms with Gasteiger partial charge in [0.05, 0.1) is 5.01 Å². The molecule has 4 heteroatoms. The second-order valence-corrected chi connectivity index (χ2v) is 5.56.